The summed E-state index contributed by atoms with van der Waals surface area (Å²) in [5.74, 6) is -0.163. The Kier molecular flexibility index (Phi) is 4.02. The number of Topliss-reactive ketones (excluding diaryl/α,β-unsaturated/α-hetero) is 1. The van der Waals surface area contributed by atoms with E-state index in [0.29, 0.717) is 11.1 Å². The number of hydrogen-bond acceptors (Lipinski definition) is 4. The Morgan fingerprint density at radius 2 is 2.18 bits per heavy atom. The van der Waals surface area contributed by atoms with Crippen molar-refractivity contribution >= 4 is 33.9 Å². The van der Waals surface area contributed by atoms with Crippen molar-refractivity contribution in [3.63, 3.8) is 0 Å². The number of amides is 1. The van der Waals surface area contributed by atoms with E-state index in [-0.39, 0.29) is 24.2 Å². The third-order valence-corrected chi connectivity index (χ3v) is 4.30. The van der Waals surface area contributed by atoms with E-state index in [2.05, 4.69) is 15.5 Å². The molecule has 0 saturated carbocycles. The van der Waals surface area contributed by atoms with Crippen LogP contribution in [0.5, 0.6) is 0 Å². The minimum Gasteiger partial charge on any atom is -0.349 e. The Morgan fingerprint density at radius 3 is 2.95 bits per heavy atom. The summed E-state index contributed by atoms with van der Waals surface area (Å²) in [6.45, 7) is 1.83. The van der Waals surface area contributed by atoms with Gasteiger partial charge < -0.3 is 5.32 Å². The Morgan fingerprint density at radius 1 is 1.32 bits per heavy atom. The van der Waals surface area contributed by atoms with Crippen LogP contribution in [-0.4, -0.2) is 27.9 Å². The highest BCUT2D eigenvalue weighted by Crippen LogP contribution is 2.16. The molecular weight excluding hydrogens is 298 g/mol. The molecule has 0 unspecified atom stereocenters. The van der Waals surface area contributed by atoms with E-state index in [1.807, 2.05) is 30.5 Å². The van der Waals surface area contributed by atoms with Crippen LogP contribution in [0.2, 0.25) is 0 Å². The van der Waals surface area contributed by atoms with Gasteiger partial charge in [0.05, 0.1) is 22.2 Å². The summed E-state index contributed by atoms with van der Waals surface area (Å²) in [7, 11) is 0. The smallest absolute Gasteiger partial charge is 0.253 e. The molecule has 22 heavy (non-hydrogen) atoms. The Bertz CT molecular complexity index is 808. The zero-order valence-electron chi connectivity index (χ0n) is 12.0. The van der Waals surface area contributed by atoms with Gasteiger partial charge in [-0.05, 0) is 24.4 Å². The Balaban J connectivity index is 1.69. The molecule has 3 rings (SSSR count). The van der Waals surface area contributed by atoms with Gasteiger partial charge in [-0.1, -0.05) is 18.2 Å². The second-order valence-electron chi connectivity index (χ2n) is 5.12. The molecule has 6 heteroatoms. The SMILES string of the molecule is C[C@H](CC(=O)c1cccs1)NC(=O)c1cccc2cn[nH]c12. The van der Waals surface area contributed by atoms with Crippen molar-refractivity contribution in [1.29, 1.82) is 0 Å². The lowest BCUT2D eigenvalue weighted by molar-refractivity contribution is 0.0920. The van der Waals surface area contributed by atoms with Gasteiger partial charge in [0.1, 0.15) is 0 Å². The van der Waals surface area contributed by atoms with Crippen molar-refractivity contribution in [1.82, 2.24) is 15.5 Å². The number of hydrogen-bond donors (Lipinski definition) is 2. The molecule has 5 nitrogen and oxygen atoms in total. The quantitative estimate of drug-likeness (QED) is 0.711. The number of aromatic nitrogens is 2. The number of nitrogens with one attached hydrogen (secondary N) is 2. The molecule has 0 saturated heterocycles. The van der Waals surface area contributed by atoms with Crippen LogP contribution in [0.3, 0.4) is 0 Å². The third-order valence-electron chi connectivity index (χ3n) is 3.39. The molecule has 112 valence electrons. The summed E-state index contributed by atoms with van der Waals surface area (Å²) >= 11 is 1.42. The molecule has 0 spiro atoms. The van der Waals surface area contributed by atoms with E-state index >= 15 is 0 Å². The molecule has 2 aromatic heterocycles. The molecule has 1 amide bonds. The van der Waals surface area contributed by atoms with E-state index in [1.165, 1.54) is 11.3 Å². The zero-order chi connectivity index (χ0) is 15.5. The Labute approximate surface area is 131 Å². The van der Waals surface area contributed by atoms with Crippen molar-refractivity contribution in [2.24, 2.45) is 0 Å². The largest absolute Gasteiger partial charge is 0.349 e. The minimum absolute atomic E-state index is 0.0440. The summed E-state index contributed by atoms with van der Waals surface area (Å²) < 4.78 is 0. The van der Waals surface area contributed by atoms with E-state index in [1.54, 1.807) is 18.3 Å². The first-order chi connectivity index (χ1) is 10.6. The van der Waals surface area contributed by atoms with E-state index < -0.39 is 0 Å². The highest BCUT2D eigenvalue weighted by atomic mass is 32.1. The normalized spacial score (nSPS) is 12.2. The van der Waals surface area contributed by atoms with Gasteiger partial charge in [0.2, 0.25) is 0 Å². The monoisotopic (exact) mass is 313 g/mol. The number of thiophene rings is 1. The van der Waals surface area contributed by atoms with Gasteiger partial charge in [-0.3, -0.25) is 14.7 Å². The van der Waals surface area contributed by atoms with Gasteiger partial charge >= 0.3 is 0 Å². The van der Waals surface area contributed by atoms with E-state index in [0.717, 1.165) is 10.3 Å². The molecule has 0 radical (unpaired) electrons. The fourth-order valence-electron chi connectivity index (χ4n) is 2.33. The standard InChI is InChI=1S/C16H15N3O2S/c1-10(8-13(20)14-6-3-7-22-14)18-16(21)12-5-2-4-11-9-17-19-15(11)12/h2-7,9-10H,8H2,1H3,(H,17,19)(H,18,21)/t10-/m1/s1. The summed E-state index contributed by atoms with van der Waals surface area (Å²) in [4.78, 5) is 25.1. The molecule has 0 fully saturated rings. The highest BCUT2D eigenvalue weighted by Gasteiger charge is 2.17. The number of carbonyl (C=O) groups excluding carboxylic acids is 2. The van der Waals surface area contributed by atoms with E-state index in [4.69, 9.17) is 0 Å². The zero-order valence-corrected chi connectivity index (χ0v) is 12.8. The number of carbonyl (C=O) groups is 2. The maximum absolute atomic E-state index is 12.4. The maximum atomic E-state index is 12.4. The number of aromatic amines is 1. The molecule has 3 aromatic rings. The van der Waals surface area contributed by atoms with Crippen LogP contribution in [-0.2, 0) is 0 Å². The molecule has 0 aliphatic heterocycles. The van der Waals surface area contributed by atoms with Gasteiger partial charge in [0.25, 0.3) is 5.91 Å². The topological polar surface area (TPSA) is 74.8 Å². The summed E-state index contributed by atoms with van der Waals surface area (Å²) in [5.41, 5.74) is 1.24. The highest BCUT2D eigenvalue weighted by molar-refractivity contribution is 7.12. The average molecular weight is 313 g/mol. The van der Waals surface area contributed by atoms with Crippen LogP contribution in [0.4, 0.5) is 0 Å². The van der Waals surface area contributed by atoms with Crippen LogP contribution in [0.25, 0.3) is 10.9 Å². The fraction of sp³-hybridized carbons (Fsp3) is 0.188. The fourth-order valence-corrected chi connectivity index (χ4v) is 3.00. The average Bonchev–Trinajstić information content (AvgIpc) is 3.17. The second-order valence-corrected chi connectivity index (χ2v) is 6.07. The molecule has 0 aliphatic rings. The van der Waals surface area contributed by atoms with Gasteiger partial charge in [0.15, 0.2) is 5.78 Å². The molecule has 1 atom stereocenters. The number of rotatable bonds is 5. The van der Waals surface area contributed by atoms with Gasteiger partial charge in [-0.15, -0.1) is 11.3 Å². The molecular formula is C16H15N3O2S. The number of para-hydroxylation sites is 1. The summed E-state index contributed by atoms with van der Waals surface area (Å²) in [6, 6.07) is 8.85. The number of fused-ring (bicyclic) bond motifs is 1. The van der Waals surface area contributed by atoms with Crippen molar-refractivity contribution in [2.45, 2.75) is 19.4 Å². The second kappa shape index (κ2) is 6.11. The predicted molar refractivity (Wildman–Crippen MR) is 86.3 cm³/mol. The van der Waals surface area contributed by atoms with Crippen LogP contribution >= 0.6 is 11.3 Å². The molecule has 1 aromatic carbocycles. The minimum atomic E-state index is -0.236. The van der Waals surface area contributed by atoms with Gasteiger partial charge in [-0.2, -0.15) is 5.10 Å². The van der Waals surface area contributed by atoms with Crippen molar-refractivity contribution < 1.29 is 9.59 Å². The summed E-state index contributed by atoms with van der Waals surface area (Å²) in [6.07, 6.45) is 1.96. The van der Waals surface area contributed by atoms with Crippen LogP contribution in [0.15, 0.2) is 41.9 Å². The number of benzene rings is 1. The lowest BCUT2D eigenvalue weighted by Crippen LogP contribution is -2.34. The van der Waals surface area contributed by atoms with Crippen LogP contribution in [0.1, 0.15) is 33.4 Å². The first kappa shape index (κ1) is 14.5. The van der Waals surface area contributed by atoms with E-state index in [9.17, 15) is 9.59 Å². The molecule has 0 aliphatic carbocycles. The lowest BCUT2D eigenvalue weighted by Gasteiger charge is -2.13. The van der Waals surface area contributed by atoms with Crippen molar-refractivity contribution in [3.05, 3.63) is 52.3 Å². The maximum Gasteiger partial charge on any atom is 0.253 e. The lowest BCUT2D eigenvalue weighted by atomic mass is 10.1. The van der Waals surface area contributed by atoms with Gasteiger partial charge in [0, 0.05) is 17.8 Å². The third kappa shape index (κ3) is 2.92. The number of H-pyrrole nitrogens is 1. The molecule has 2 heterocycles. The molecule has 2 N–H and O–H groups in total. The predicted octanol–water partition coefficient (Wildman–Crippen LogP) is 3.02. The molecule has 0 bridgehead atoms. The first-order valence-electron chi connectivity index (χ1n) is 6.95. The van der Waals surface area contributed by atoms with Crippen molar-refractivity contribution in [2.75, 3.05) is 0 Å². The van der Waals surface area contributed by atoms with Gasteiger partial charge in [-0.25, -0.2) is 0 Å². The van der Waals surface area contributed by atoms with Crippen LogP contribution < -0.4 is 5.32 Å². The Hall–Kier alpha value is -2.47. The summed E-state index contributed by atoms with van der Waals surface area (Å²) in [5, 5.41) is 12.4. The first-order valence-corrected chi connectivity index (χ1v) is 7.83. The van der Waals surface area contributed by atoms with Crippen molar-refractivity contribution in [3.8, 4) is 0 Å². The van der Waals surface area contributed by atoms with Crippen LogP contribution in [0, 0.1) is 0 Å². The number of nitrogens with zero attached hydrogens (tertiary/aromatic N) is 1. The number of ketones is 1.